The topological polar surface area (TPSA) is 9.23 Å². The zero-order valence-electron chi connectivity index (χ0n) is 6.69. The molecule has 1 aromatic rings. The number of hydrogen-bond acceptors (Lipinski definition) is 1. The van der Waals surface area contributed by atoms with E-state index in [1.54, 1.807) is 0 Å². The zero-order valence-corrected chi connectivity index (χ0v) is 8.27. The second-order valence-electron chi connectivity index (χ2n) is 2.30. The summed E-state index contributed by atoms with van der Waals surface area (Å²) in [5.74, 6) is -1.83. The van der Waals surface area contributed by atoms with E-state index in [1.165, 1.54) is 6.08 Å². The molecule has 0 N–H and O–H groups in total. The van der Waals surface area contributed by atoms with Crippen molar-refractivity contribution in [2.75, 3.05) is 6.61 Å². The Bertz CT molecular complexity index is 302. The van der Waals surface area contributed by atoms with Crippen molar-refractivity contribution in [1.82, 2.24) is 0 Å². The molecular formula is C9H7BrF2O. The maximum Gasteiger partial charge on any atom is 0.191 e. The van der Waals surface area contributed by atoms with Crippen molar-refractivity contribution in [2.45, 2.75) is 0 Å². The van der Waals surface area contributed by atoms with Crippen molar-refractivity contribution in [3.63, 3.8) is 0 Å². The summed E-state index contributed by atoms with van der Waals surface area (Å²) in [7, 11) is 0. The molecule has 4 heteroatoms. The van der Waals surface area contributed by atoms with Gasteiger partial charge in [0.05, 0.1) is 0 Å². The molecule has 0 fully saturated rings. The number of halogens is 3. The van der Waals surface area contributed by atoms with Crippen molar-refractivity contribution in [3.8, 4) is 5.75 Å². The lowest BCUT2D eigenvalue weighted by atomic mass is 10.3. The van der Waals surface area contributed by atoms with Gasteiger partial charge >= 0.3 is 0 Å². The average molecular weight is 249 g/mol. The van der Waals surface area contributed by atoms with Gasteiger partial charge in [-0.05, 0) is 12.1 Å². The lowest BCUT2D eigenvalue weighted by Crippen LogP contribution is -1.98. The summed E-state index contributed by atoms with van der Waals surface area (Å²) in [6.07, 6.45) is 1.42. The van der Waals surface area contributed by atoms with Gasteiger partial charge < -0.3 is 4.74 Å². The molecule has 70 valence electrons. The summed E-state index contributed by atoms with van der Waals surface area (Å²) >= 11 is 2.96. The van der Waals surface area contributed by atoms with Gasteiger partial charge in [-0.2, -0.15) is 0 Å². The standard InChI is InChI=1S/C9H7BrF2O/c1-2-3-13-9-7(11)4-6(10)5-8(9)12/h2,4-5H,1,3H2. The first-order valence-corrected chi connectivity index (χ1v) is 4.32. The predicted molar refractivity (Wildman–Crippen MR) is 49.8 cm³/mol. The van der Waals surface area contributed by atoms with Gasteiger partial charge in [-0.3, -0.25) is 0 Å². The maximum atomic E-state index is 13.0. The highest BCUT2D eigenvalue weighted by molar-refractivity contribution is 9.10. The minimum absolute atomic E-state index is 0.0788. The molecule has 0 spiro atoms. The van der Waals surface area contributed by atoms with Crippen LogP contribution in [0.1, 0.15) is 0 Å². The van der Waals surface area contributed by atoms with Crippen LogP contribution < -0.4 is 4.74 Å². The zero-order chi connectivity index (χ0) is 9.84. The first-order valence-electron chi connectivity index (χ1n) is 3.53. The molecule has 1 rings (SSSR count). The van der Waals surface area contributed by atoms with Crippen LogP contribution in [-0.4, -0.2) is 6.61 Å². The van der Waals surface area contributed by atoms with Gasteiger partial charge in [0.2, 0.25) is 0 Å². The minimum Gasteiger partial charge on any atom is -0.483 e. The Balaban J connectivity index is 2.98. The largest absolute Gasteiger partial charge is 0.483 e. The van der Waals surface area contributed by atoms with E-state index in [2.05, 4.69) is 22.5 Å². The monoisotopic (exact) mass is 248 g/mol. The van der Waals surface area contributed by atoms with Gasteiger partial charge in [-0.1, -0.05) is 28.6 Å². The molecule has 13 heavy (non-hydrogen) atoms. The van der Waals surface area contributed by atoms with Crippen molar-refractivity contribution in [1.29, 1.82) is 0 Å². The summed E-state index contributed by atoms with van der Waals surface area (Å²) in [4.78, 5) is 0. The lowest BCUT2D eigenvalue weighted by Gasteiger charge is -2.05. The van der Waals surface area contributed by atoms with Gasteiger partial charge in [0.25, 0.3) is 0 Å². The number of ether oxygens (including phenoxy) is 1. The number of rotatable bonds is 3. The molecule has 0 atom stereocenters. The van der Waals surface area contributed by atoms with Crippen LogP contribution in [0.4, 0.5) is 8.78 Å². The van der Waals surface area contributed by atoms with Crippen molar-refractivity contribution < 1.29 is 13.5 Å². The third kappa shape index (κ3) is 2.52. The highest BCUT2D eigenvalue weighted by Gasteiger charge is 2.10. The molecule has 0 aliphatic rings. The van der Waals surface area contributed by atoms with Crippen LogP contribution >= 0.6 is 15.9 Å². The third-order valence-electron chi connectivity index (χ3n) is 1.31. The van der Waals surface area contributed by atoms with E-state index in [1.807, 2.05) is 0 Å². The van der Waals surface area contributed by atoms with E-state index in [0.29, 0.717) is 4.47 Å². The molecule has 0 heterocycles. The summed E-state index contributed by atoms with van der Waals surface area (Å²) in [5, 5.41) is 0. The lowest BCUT2D eigenvalue weighted by molar-refractivity contribution is 0.320. The molecule has 0 saturated heterocycles. The van der Waals surface area contributed by atoms with Crippen LogP contribution in [0.3, 0.4) is 0 Å². The Morgan fingerprint density at radius 1 is 1.38 bits per heavy atom. The van der Waals surface area contributed by atoms with Gasteiger partial charge in [0.15, 0.2) is 17.4 Å². The van der Waals surface area contributed by atoms with Crippen LogP contribution in [0, 0.1) is 11.6 Å². The van der Waals surface area contributed by atoms with Crippen LogP contribution in [0.2, 0.25) is 0 Å². The molecule has 0 aliphatic carbocycles. The Hall–Kier alpha value is -0.900. The summed E-state index contributed by atoms with van der Waals surface area (Å²) < 4.78 is 31.1. The fourth-order valence-electron chi connectivity index (χ4n) is 0.809. The molecule has 0 bridgehead atoms. The highest BCUT2D eigenvalue weighted by Crippen LogP contribution is 2.25. The molecule has 0 aromatic heterocycles. The Morgan fingerprint density at radius 2 is 1.92 bits per heavy atom. The van der Waals surface area contributed by atoms with E-state index in [9.17, 15) is 8.78 Å². The Kier molecular flexibility index (Phi) is 3.42. The van der Waals surface area contributed by atoms with Gasteiger partial charge in [0.1, 0.15) is 6.61 Å². The van der Waals surface area contributed by atoms with E-state index >= 15 is 0 Å². The van der Waals surface area contributed by atoms with Crippen molar-refractivity contribution in [3.05, 3.63) is 40.9 Å². The fraction of sp³-hybridized carbons (Fsp3) is 0.111. The summed E-state index contributed by atoms with van der Waals surface area (Å²) in [6, 6.07) is 2.28. The smallest absolute Gasteiger partial charge is 0.191 e. The quantitative estimate of drug-likeness (QED) is 0.747. The van der Waals surface area contributed by atoms with Crippen LogP contribution in [0.25, 0.3) is 0 Å². The normalized spacial score (nSPS) is 9.77. The van der Waals surface area contributed by atoms with E-state index in [4.69, 9.17) is 4.74 Å². The predicted octanol–water partition coefficient (Wildman–Crippen LogP) is 3.29. The first kappa shape index (κ1) is 10.2. The van der Waals surface area contributed by atoms with Gasteiger partial charge in [0, 0.05) is 4.47 Å². The summed E-state index contributed by atoms with van der Waals surface area (Å²) in [5.41, 5.74) is 0. The second kappa shape index (κ2) is 4.37. The third-order valence-corrected chi connectivity index (χ3v) is 1.77. The van der Waals surface area contributed by atoms with E-state index in [0.717, 1.165) is 12.1 Å². The van der Waals surface area contributed by atoms with Gasteiger partial charge in [-0.25, -0.2) is 8.78 Å². The minimum atomic E-state index is -0.728. The highest BCUT2D eigenvalue weighted by atomic mass is 79.9. The summed E-state index contributed by atoms with van der Waals surface area (Å²) in [6.45, 7) is 3.45. The molecule has 0 amide bonds. The Labute approximate surface area is 83.1 Å². The van der Waals surface area contributed by atoms with E-state index < -0.39 is 11.6 Å². The maximum absolute atomic E-state index is 13.0. The van der Waals surface area contributed by atoms with Gasteiger partial charge in [-0.15, -0.1) is 0 Å². The van der Waals surface area contributed by atoms with E-state index in [-0.39, 0.29) is 12.4 Å². The van der Waals surface area contributed by atoms with Crippen molar-refractivity contribution in [2.24, 2.45) is 0 Å². The van der Waals surface area contributed by atoms with Crippen LogP contribution in [0.5, 0.6) is 5.75 Å². The fourth-order valence-corrected chi connectivity index (χ4v) is 1.21. The molecule has 1 nitrogen and oxygen atoms in total. The molecule has 1 aromatic carbocycles. The molecule has 0 radical (unpaired) electrons. The number of benzene rings is 1. The molecule has 0 aliphatic heterocycles. The first-order chi connectivity index (χ1) is 6.15. The second-order valence-corrected chi connectivity index (χ2v) is 3.21. The SMILES string of the molecule is C=CCOc1c(F)cc(Br)cc1F. The average Bonchev–Trinajstić information content (AvgIpc) is 2.02. The van der Waals surface area contributed by atoms with Crippen LogP contribution in [-0.2, 0) is 0 Å². The molecular weight excluding hydrogens is 242 g/mol. The molecule has 0 saturated carbocycles. The molecule has 0 unspecified atom stereocenters. The van der Waals surface area contributed by atoms with Crippen LogP contribution in [0.15, 0.2) is 29.3 Å². The van der Waals surface area contributed by atoms with Crippen molar-refractivity contribution >= 4 is 15.9 Å². The number of hydrogen-bond donors (Lipinski definition) is 0. The Morgan fingerprint density at radius 3 is 2.38 bits per heavy atom.